The molecule has 1 aliphatic carbocycles. The van der Waals surface area contributed by atoms with Gasteiger partial charge in [0.25, 0.3) is 5.91 Å². The monoisotopic (exact) mass is 287 g/mol. The molecule has 3 heterocycles. The number of fused-ring (bicyclic) bond motifs is 1. The zero-order valence-corrected chi connectivity index (χ0v) is 11.7. The van der Waals surface area contributed by atoms with E-state index in [9.17, 15) is 4.79 Å². The van der Waals surface area contributed by atoms with Gasteiger partial charge in [0.15, 0.2) is 0 Å². The van der Waals surface area contributed by atoms with E-state index in [1.165, 1.54) is 19.3 Å². The molecule has 1 atom stereocenters. The molecule has 1 amide bonds. The fraction of sp³-hybridized carbons (Fsp3) is 0.571. The van der Waals surface area contributed by atoms with Crippen molar-refractivity contribution in [2.24, 2.45) is 5.92 Å². The molecule has 1 saturated heterocycles. The van der Waals surface area contributed by atoms with Crippen LogP contribution in [-0.4, -0.2) is 57.0 Å². The van der Waals surface area contributed by atoms with E-state index in [0.717, 1.165) is 0 Å². The summed E-state index contributed by atoms with van der Waals surface area (Å²) in [5, 5.41) is 10.5. The Morgan fingerprint density at radius 2 is 2.29 bits per heavy atom. The topological polar surface area (TPSA) is 84.0 Å². The van der Waals surface area contributed by atoms with Gasteiger partial charge in [0.2, 0.25) is 5.65 Å². The summed E-state index contributed by atoms with van der Waals surface area (Å²) in [6.45, 7) is 1.91. The molecule has 1 N–H and O–H groups in total. The van der Waals surface area contributed by atoms with Gasteiger partial charge in [-0.15, -0.1) is 5.10 Å². The summed E-state index contributed by atoms with van der Waals surface area (Å²) >= 11 is 0. The maximum Gasteiger partial charge on any atom is 0.256 e. The molecule has 110 valence electrons. The van der Waals surface area contributed by atoms with Gasteiger partial charge in [-0.3, -0.25) is 4.79 Å². The number of aromatic amines is 1. The lowest BCUT2D eigenvalue weighted by Gasteiger charge is -2.40. The van der Waals surface area contributed by atoms with Crippen LogP contribution in [0.2, 0.25) is 0 Å². The third-order valence-electron chi connectivity index (χ3n) is 4.51. The van der Waals surface area contributed by atoms with E-state index in [1.54, 1.807) is 12.3 Å². The van der Waals surface area contributed by atoms with Gasteiger partial charge in [0, 0.05) is 19.3 Å². The van der Waals surface area contributed by atoms with E-state index in [0.29, 0.717) is 42.3 Å². The molecular weight excluding hydrogens is 270 g/mol. The summed E-state index contributed by atoms with van der Waals surface area (Å²) in [6.07, 6.45) is 5.50. The lowest BCUT2D eigenvalue weighted by Crippen LogP contribution is -2.49. The van der Waals surface area contributed by atoms with E-state index < -0.39 is 0 Å². The van der Waals surface area contributed by atoms with Crippen molar-refractivity contribution in [1.29, 1.82) is 0 Å². The SMILES string of the molecule is O=C(c1ccnc2n[nH]nc12)N1CCOC(C2CCC2)C1. The summed E-state index contributed by atoms with van der Waals surface area (Å²) in [4.78, 5) is 18.7. The molecule has 0 aromatic carbocycles. The number of hydrogen-bond donors (Lipinski definition) is 1. The fourth-order valence-electron chi connectivity index (χ4n) is 3.06. The van der Waals surface area contributed by atoms with Gasteiger partial charge in [-0.2, -0.15) is 10.3 Å². The lowest BCUT2D eigenvalue weighted by atomic mass is 9.80. The van der Waals surface area contributed by atoms with Gasteiger partial charge >= 0.3 is 0 Å². The Bertz CT molecular complexity index is 666. The predicted octanol–water partition coefficient (Wildman–Crippen LogP) is 0.994. The van der Waals surface area contributed by atoms with Crippen molar-refractivity contribution in [3.05, 3.63) is 17.8 Å². The van der Waals surface area contributed by atoms with E-state index in [2.05, 4.69) is 20.4 Å². The van der Waals surface area contributed by atoms with Crippen LogP contribution in [0.5, 0.6) is 0 Å². The fourth-order valence-corrected chi connectivity index (χ4v) is 3.06. The zero-order chi connectivity index (χ0) is 14.2. The first-order chi connectivity index (χ1) is 10.3. The average Bonchev–Trinajstić information content (AvgIpc) is 2.93. The van der Waals surface area contributed by atoms with Crippen molar-refractivity contribution in [2.45, 2.75) is 25.4 Å². The van der Waals surface area contributed by atoms with E-state index >= 15 is 0 Å². The predicted molar refractivity (Wildman–Crippen MR) is 74.7 cm³/mol. The Labute approximate surface area is 121 Å². The average molecular weight is 287 g/mol. The summed E-state index contributed by atoms with van der Waals surface area (Å²) < 4.78 is 5.83. The largest absolute Gasteiger partial charge is 0.374 e. The standard InChI is InChI=1S/C14H17N5O2/c20-14(10-4-5-15-13-12(10)16-18-17-13)19-6-7-21-11(8-19)9-2-1-3-9/h4-5,9,11H,1-3,6-8H2,(H,15,16,17,18). The van der Waals surface area contributed by atoms with Gasteiger partial charge in [-0.05, 0) is 24.8 Å². The summed E-state index contributed by atoms with van der Waals surface area (Å²) in [5.74, 6) is 0.606. The van der Waals surface area contributed by atoms with E-state index in [4.69, 9.17) is 4.74 Å². The Kier molecular flexibility index (Phi) is 3.07. The number of rotatable bonds is 2. The molecule has 7 heteroatoms. The molecule has 2 aliphatic rings. The first-order valence-corrected chi connectivity index (χ1v) is 7.39. The van der Waals surface area contributed by atoms with Crippen LogP contribution in [0.25, 0.3) is 11.2 Å². The second kappa shape index (κ2) is 5.07. The number of hydrogen-bond acceptors (Lipinski definition) is 5. The third kappa shape index (κ3) is 2.17. The van der Waals surface area contributed by atoms with E-state index in [-0.39, 0.29) is 12.0 Å². The van der Waals surface area contributed by atoms with Gasteiger partial charge in [-0.25, -0.2) is 4.98 Å². The normalized spacial score (nSPS) is 23.2. The second-order valence-corrected chi connectivity index (χ2v) is 5.71. The molecule has 0 bridgehead atoms. The van der Waals surface area contributed by atoms with Crippen LogP contribution in [0.4, 0.5) is 0 Å². The molecule has 1 aliphatic heterocycles. The Morgan fingerprint density at radius 3 is 3.10 bits per heavy atom. The number of aromatic nitrogens is 4. The minimum absolute atomic E-state index is 0.0103. The number of nitrogens with zero attached hydrogens (tertiary/aromatic N) is 4. The minimum atomic E-state index is -0.0103. The Hall–Kier alpha value is -2.02. The molecule has 4 rings (SSSR count). The number of carbonyl (C=O) groups is 1. The van der Waals surface area contributed by atoms with Gasteiger partial charge in [-0.1, -0.05) is 6.42 Å². The van der Waals surface area contributed by atoms with Crippen molar-refractivity contribution >= 4 is 17.1 Å². The van der Waals surface area contributed by atoms with Crippen LogP contribution in [0.3, 0.4) is 0 Å². The Balaban J connectivity index is 1.57. The quantitative estimate of drug-likeness (QED) is 0.890. The zero-order valence-electron chi connectivity index (χ0n) is 11.7. The minimum Gasteiger partial charge on any atom is -0.374 e. The number of morpholine rings is 1. The number of ether oxygens (including phenoxy) is 1. The van der Waals surface area contributed by atoms with Crippen molar-refractivity contribution in [1.82, 2.24) is 25.3 Å². The first kappa shape index (κ1) is 12.7. The number of H-pyrrole nitrogens is 1. The van der Waals surface area contributed by atoms with Crippen LogP contribution in [-0.2, 0) is 4.74 Å². The van der Waals surface area contributed by atoms with Crippen LogP contribution in [0, 0.1) is 5.92 Å². The second-order valence-electron chi connectivity index (χ2n) is 5.71. The van der Waals surface area contributed by atoms with Gasteiger partial charge in [0.1, 0.15) is 5.52 Å². The highest BCUT2D eigenvalue weighted by Crippen LogP contribution is 2.33. The third-order valence-corrected chi connectivity index (χ3v) is 4.51. The van der Waals surface area contributed by atoms with Crippen molar-refractivity contribution in [3.8, 4) is 0 Å². The molecule has 0 radical (unpaired) electrons. The van der Waals surface area contributed by atoms with Gasteiger partial charge < -0.3 is 9.64 Å². The van der Waals surface area contributed by atoms with Gasteiger partial charge in [0.05, 0.1) is 18.3 Å². The molecule has 21 heavy (non-hydrogen) atoms. The van der Waals surface area contributed by atoms with Crippen LogP contribution < -0.4 is 0 Å². The van der Waals surface area contributed by atoms with Crippen LogP contribution >= 0.6 is 0 Å². The highest BCUT2D eigenvalue weighted by atomic mass is 16.5. The van der Waals surface area contributed by atoms with Crippen LogP contribution in [0.1, 0.15) is 29.6 Å². The summed E-state index contributed by atoms with van der Waals surface area (Å²) in [6, 6.07) is 1.71. The summed E-state index contributed by atoms with van der Waals surface area (Å²) in [7, 11) is 0. The molecule has 0 spiro atoms. The molecule has 2 aromatic rings. The molecular formula is C14H17N5O2. The van der Waals surface area contributed by atoms with Crippen molar-refractivity contribution < 1.29 is 9.53 Å². The Morgan fingerprint density at radius 1 is 1.38 bits per heavy atom. The molecule has 7 nitrogen and oxygen atoms in total. The van der Waals surface area contributed by atoms with Crippen molar-refractivity contribution in [3.63, 3.8) is 0 Å². The molecule has 2 fully saturated rings. The number of amides is 1. The molecule has 2 aromatic heterocycles. The van der Waals surface area contributed by atoms with Crippen molar-refractivity contribution in [2.75, 3.05) is 19.7 Å². The number of carbonyl (C=O) groups excluding carboxylic acids is 1. The van der Waals surface area contributed by atoms with E-state index in [1.807, 2.05) is 4.90 Å². The number of nitrogens with one attached hydrogen (secondary N) is 1. The maximum atomic E-state index is 12.7. The highest BCUT2D eigenvalue weighted by molar-refractivity contribution is 6.03. The summed E-state index contributed by atoms with van der Waals surface area (Å²) in [5.41, 5.74) is 1.57. The molecule has 1 unspecified atom stereocenters. The number of pyridine rings is 1. The lowest BCUT2D eigenvalue weighted by molar-refractivity contribution is -0.0659. The first-order valence-electron chi connectivity index (χ1n) is 7.39. The highest BCUT2D eigenvalue weighted by Gasteiger charge is 2.34. The smallest absolute Gasteiger partial charge is 0.256 e. The maximum absolute atomic E-state index is 12.7. The van der Waals surface area contributed by atoms with Crippen LogP contribution in [0.15, 0.2) is 12.3 Å². The molecule has 1 saturated carbocycles.